The van der Waals surface area contributed by atoms with Crippen molar-refractivity contribution in [2.24, 2.45) is 5.73 Å². The zero-order valence-corrected chi connectivity index (χ0v) is 13.8. The van der Waals surface area contributed by atoms with E-state index in [4.69, 9.17) is 28.9 Å². The average Bonchev–Trinajstić information content (AvgIpc) is 2.36. The molecule has 1 atom stereocenters. The summed E-state index contributed by atoms with van der Waals surface area (Å²) in [5.41, 5.74) is 8.42. The van der Waals surface area contributed by atoms with Gasteiger partial charge in [-0.15, -0.1) is 0 Å². The molecule has 0 amide bonds. The third kappa shape index (κ3) is 4.16. The molecule has 0 spiro atoms. The summed E-state index contributed by atoms with van der Waals surface area (Å²) in [5.74, 6) is 0. The minimum atomic E-state index is 0.131. The fourth-order valence-corrected chi connectivity index (χ4v) is 3.46. The van der Waals surface area contributed by atoms with E-state index in [1.54, 1.807) is 17.8 Å². The van der Waals surface area contributed by atoms with E-state index in [9.17, 15) is 0 Å². The molecule has 0 saturated heterocycles. The van der Waals surface area contributed by atoms with Gasteiger partial charge in [0.1, 0.15) is 0 Å². The van der Waals surface area contributed by atoms with Crippen LogP contribution in [0.2, 0.25) is 10.0 Å². The number of halogens is 2. The maximum Gasteiger partial charge on any atom is 0.0546 e. The van der Waals surface area contributed by atoms with Crippen LogP contribution < -0.4 is 5.73 Å². The average molecular weight is 326 g/mol. The van der Waals surface area contributed by atoms with Crippen LogP contribution in [0.15, 0.2) is 46.2 Å². The minimum absolute atomic E-state index is 0.131. The molecule has 0 saturated carbocycles. The Labute approximate surface area is 134 Å². The highest BCUT2D eigenvalue weighted by molar-refractivity contribution is 7.99. The van der Waals surface area contributed by atoms with Crippen LogP contribution in [0.4, 0.5) is 0 Å². The molecular formula is C16H17Cl2NS. The Kier molecular flexibility index (Phi) is 5.39. The largest absolute Gasteiger partial charge is 0.328 e. The molecule has 2 aromatic rings. The van der Waals surface area contributed by atoms with Crippen LogP contribution in [0, 0.1) is 6.92 Å². The van der Waals surface area contributed by atoms with Gasteiger partial charge in [0.15, 0.2) is 0 Å². The van der Waals surface area contributed by atoms with Gasteiger partial charge in [-0.05, 0) is 50.1 Å². The van der Waals surface area contributed by atoms with Crippen molar-refractivity contribution in [2.45, 2.75) is 36.1 Å². The van der Waals surface area contributed by atoms with Crippen LogP contribution in [0.3, 0.4) is 0 Å². The van der Waals surface area contributed by atoms with Crippen LogP contribution in [-0.4, -0.2) is 6.04 Å². The number of nitrogens with two attached hydrogens (primary N) is 1. The predicted molar refractivity (Wildman–Crippen MR) is 89.1 cm³/mol. The summed E-state index contributed by atoms with van der Waals surface area (Å²) in [6, 6.07) is 12.1. The second-order valence-corrected chi connectivity index (χ2v) is 6.90. The van der Waals surface area contributed by atoms with Crippen molar-refractivity contribution < 1.29 is 0 Å². The molecule has 0 aliphatic carbocycles. The molecule has 20 heavy (non-hydrogen) atoms. The van der Waals surface area contributed by atoms with Crippen molar-refractivity contribution in [3.8, 4) is 0 Å². The molecule has 0 heterocycles. The number of hydrogen-bond acceptors (Lipinski definition) is 2. The first-order valence-corrected chi connectivity index (χ1v) is 8.01. The zero-order chi connectivity index (χ0) is 14.7. The molecule has 2 aromatic carbocycles. The number of benzene rings is 2. The standard InChI is InChI=1S/C16H17Cl2NS/c1-10-3-6-15(12(7-10)8-11(2)19)20-16-9-13(17)4-5-14(16)18/h3-7,9,11H,8,19H2,1-2H3. The van der Waals surface area contributed by atoms with Crippen molar-refractivity contribution in [2.75, 3.05) is 0 Å². The van der Waals surface area contributed by atoms with E-state index in [-0.39, 0.29) is 6.04 Å². The molecule has 2 rings (SSSR count). The maximum atomic E-state index is 6.23. The van der Waals surface area contributed by atoms with Gasteiger partial charge in [-0.2, -0.15) is 0 Å². The number of hydrogen-bond donors (Lipinski definition) is 1. The van der Waals surface area contributed by atoms with Crippen LogP contribution >= 0.6 is 35.0 Å². The van der Waals surface area contributed by atoms with Crippen molar-refractivity contribution in [3.63, 3.8) is 0 Å². The molecular weight excluding hydrogens is 309 g/mol. The highest BCUT2D eigenvalue weighted by Gasteiger charge is 2.10. The molecule has 0 bridgehead atoms. The van der Waals surface area contributed by atoms with Crippen LogP contribution in [0.25, 0.3) is 0 Å². The van der Waals surface area contributed by atoms with Crippen molar-refractivity contribution >= 4 is 35.0 Å². The van der Waals surface area contributed by atoms with Gasteiger partial charge in [-0.1, -0.05) is 52.7 Å². The van der Waals surface area contributed by atoms with Crippen molar-refractivity contribution in [1.82, 2.24) is 0 Å². The van der Waals surface area contributed by atoms with Gasteiger partial charge in [0.25, 0.3) is 0 Å². The molecule has 0 fully saturated rings. The Bertz CT molecular complexity index is 611. The Balaban J connectivity index is 2.35. The van der Waals surface area contributed by atoms with E-state index in [2.05, 4.69) is 25.1 Å². The third-order valence-corrected chi connectivity index (χ3v) is 4.72. The SMILES string of the molecule is Cc1ccc(Sc2cc(Cl)ccc2Cl)c(CC(C)N)c1. The van der Waals surface area contributed by atoms with E-state index >= 15 is 0 Å². The lowest BCUT2D eigenvalue weighted by molar-refractivity contribution is 0.729. The summed E-state index contributed by atoms with van der Waals surface area (Å²) in [4.78, 5) is 2.14. The second kappa shape index (κ2) is 6.86. The molecule has 0 radical (unpaired) electrons. The van der Waals surface area contributed by atoms with Crippen molar-refractivity contribution in [1.29, 1.82) is 0 Å². The smallest absolute Gasteiger partial charge is 0.0546 e. The topological polar surface area (TPSA) is 26.0 Å². The summed E-state index contributed by atoms with van der Waals surface area (Å²) in [6.07, 6.45) is 0.849. The molecule has 1 nitrogen and oxygen atoms in total. The van der Waals surface area contributed by atoms with Gasteiger partial charge in [-0.25, -0.2) is 0 Å². The lowest BCUT2D eigenvalue weighted by Gasteiger charge is -2.13. The number of rotatable bonds is 4. The molecule has 106 valence electrons. The normalized spacial score (nSPS) is 12.4. The van der Waals surface area contributed by atoms with Gasteiger partial charge in [0.2, 0.25) is 0 Å². The van der Waals surface area contributed by atoms with Crippen LogP contribution in [-0.2, 0) is 6.42 Å². The lowest BCUT2D eigenvalue weighted by Crippen LogP contribution is -2.18. The quantitative estimate of drug-likeness (QED) is 0.820. The molecule has 0 aliphatic rings. The highest BCUT2D eigenvalue weighted by atomic mass is 35.5. The molecule has 1 unspecified atom stereocenters. The Morgan fingerprint density at radius 3 is 2.55 bits per heavy atom. The fourth-order valence-electron chi connectivity index (χ4n) is 1.99. The second-order valence-electron chi connectivity index (χ2n) is 4.97. The van der Waals surface area contributed by atoms with Gasteiger partial charge in [0, 0.05) is 20.9 Å². The first-order chi connectivity index (χ1) is 9.45. The molecule has 0 aliphatic heterocycles. The summed E-state index contributed by atoms with van der Waals surface area (Å²) in [6.45, 7) is 4.11. The Morgan fingerprint density at radius 1 is 1.10 bits per heavy atom. The van der Waals surface area contributed by atoms with E-state index in [0.717, 1.165) is 11.3 Å². The van der Waals surface area contributed by atoms with Gasteiger partial charge >= 0.3 is 0 Å². The van der Waals surface area contributed by atoms with Crippen molar-refractivity contribution in [3.05, 3.63) is 57.6 Å². The van der Waals surface area contributed by atoms with E-state index in [1.165, 1.54) is 16.0 Å². The Hall–Kier alpha value is -0.670. The van der Waals surface area contributed by atoms with Gasteiger partial charge in [-0.3, -0.25) is 0 Å². The predicted octanol–water partition coefficient (Wildman–Crippen LogP) is 5.34. The zero-order valence-electron chi connectivity index (χ0n) is 11.5. The molecule has 0 aromatic heterocycles. The first-order valence-electron chi connectivity index (χ1n) is 6.43. The van der Waals surface area contributed by atoms with Gasteiger partial charge in [0.05, 0.1) is 5.02 Å². The maximum absolute atomic E-state index is 6.23. The monoisotopic (exact) mass is 325 g/mol. The number of aryl methyl sites for hydroxylation is 1. The summed E-state index contributed by atoms with van der Waals surface area (Å²) in [7, 11) is 0. The van der Waals surface area contributed by atoms with Crippen LogP contribution in [0.5, 0.6) is 0 Å². The Morgan fingerprint density at radius 2 is 1.85 bits per heavy atom. The summed E-state index contributed by atoms with van der Waals surface area (Å²) >= 11 is 13.9. The minimum Gasteiger partial charge on any atom is -0.328 e. The molecule has 2 N–H and O–H groups in total. The summed E-state index contributed by atoms with van der Waals surface area (Å²) in [5, 5.41) is 1.41. The fraction of sp³-hybridized carbons (Fsp3) is 0.250. The van der Waals surface area contributed by atoms with Crippen LogP contribution in [0.1, 0.15) is 18.1 Å². The highest BCUT2D eigenvalue weighted by Crippen LogP contribution is 2.37. The van der Waals surface area contributed by atoms with E-state index in [1.807, 2.05) is 19.1 Å². The van der Waals surface area contributed by atoms with E-state index in [0.29, 0.717) is 10.0 Å². The first kappa shape index (κ1) is 15.7. The third-order valence-electron chi connectivity index (χ3n) is 2.87. The molecule has 4 heteroatoms. The van der Waals surface area contributed by atoms with Gasteiger partial charge < -0.3 is 5.73 Å². The lowest BCUT2D eigenvalue weighted by atomic mass is 10.1. The summed E-state index contributed by atoms with van der Waals surface area (Å²) < 4.78 is 0. The van der Waals surface area contributed by atoms with E-state index < -0.39 is 0 Å².